The minimum absolute atomic E-state index is 0.0340. The highest BCUT2D eigenvalue weighted by molar-refractivity contribution is 8.13. The second-order valence-electron chi connectivity index (χ2n) is 6.91. The minimum Gasteiger partial charge on any atom is -0.462 e. The Morgan fingerprint density at radius 2 is 1.27 bits per heavy atom. The van der Waals surface area contributed by atoms with Gasteiger partial charge in [0.2, 0.25) is 12.4 Å². The number of ether oxygens (including phenoxy) is 6. The Hall–Kier alpha value is -2.71. The number of carbonyl (C=O) groups excluding carboxylic acids is 6. The van der Waals surface area contributed by atoms with Crippen LogP contribution in [-0.2, 0) is 57.2 Å². The molecule has 0 amide bonds. The van der Waals surface area contributed by atoms with Gasteiger partial charge in [-0.3, -0.25) is 28.8 Å². The lowest BCUT2D eigenvalue weighted by atomic mass is 9.98. The Morgan fingerprint density at radius 3 is 1.76 bits per heavy atom. The molecule has 14 heteroatoms. The molecule has 1 rings (SSSR count). The van der Waals surface area contributed by atoms with Crippen molar-refractivity contribution >= 4 is 46.7 Å². The summed E-state index contributed by atoms with van der Waals surface area (Å²) < 4.78 is 31.3. The molecule has 0 aliphatic carbocycles. The molecule has 2 N–H and O–H groups in total. The van der Waals surface area contributed by atoms with E-state index < -0.39 is 73.2 Å². The smallest absolute Gasteiger partial charge is 0.323 e. The number of hydrogen-bond acceptors (Lipinski definition) is 14. The first kappa shape index (κ1) is 28.3. The molecular weight excluding hydrogens is 466 g/mol. The lowest BCUT2D eigenvalue weighted by Crippen LogP contribution is -2.63. The quantitative estimate of drug-likeness (QED) is 0.311. The summed E-state index contributed by atoms with van der Waals surface area (Å²) in [5, 5.41) is -0.242. The molecule has 1 aliphatic heterocycles. The summed E-state index contributed by atoms with van der Waals surface area (Å²) in [6.07, 6.45) is -7.22. The molecular formula is C19H27NO12S. The standard InChI is InChI=1S/C19H27NO12S/c1-8(21)28-15-14(6-27-18(26)13(20)7-33-12(5)25)32-19(31-11(4)24)17(30-10(3)23)16(15)29-9(2)22/h13-17,19H,6-7,20H2,1-5H3. The van der Waals surface area contributed by atoms with Crippen LogP contribution in [0.5, 0.6) is 0 Å². The predicted molar refractivity (Wildman–Crippen MR) is 109 cm³/mol. The summed E-state index contributed by atoms with van der Waals surface area (Å²) in [7, 11) is 0. The molecule has 0 bridgehead atoms. The lowest BCUT2D eigenvalue weighted by Gasteiger charge is -2.43. The minimum atomic E-state index is -1.58. The van der Waals surface area contributed by atoms with Crippen molar-refractivity contribution in [1.29, 1.82) is 0 Å². The first-order valence-corrected chi connectivity index (χ1v) is 10.7. The molecule has 1 fully saturated rings. The molecule has 1 heterocycles. The molecule has 0 saturated carbocycles. The molecule has 0 aromatic rings. The van der Waals surface area contributed by atoms with E-state index in [0.717, 1.165) is 39.5 Å². The molecule has 0 aromatic heterocycles. The normalized spacial score (nSPS) is 25.2. The van der Waals surface area contributed by atoms with Gasteiger partial charge in [0.25, 0.3) is 0 Å². The van der Waals surface area contributed by atoms with E-state index in [1.54, 1.807) is 0 Å². The van der Waals surface area contributed by atoms with Crippen LogP contribution in [0.1, 0.15) is 34.6 Å². The summed E-state index contributed by atoms with van der Waals surface area (Å²) in [5.74, 6) is -4.18. The van der Waals surface area contributed by atoms with Gasteiger partial charge in [-0.25, -0.2) is 0 Å². The average Bonchev–Trinajstić information content (AvgIpc) is 2.67. The number of esters is 5. The molecule has 1 aliphatic rings. The fourth-order valence-electron chi connectivity index (χ4n) is 2.79. The van der Waals surface area contributed by atoms with Gasteiger partial charge in [0, 0.05) is 40.4 Å². The second-order valence-corrected chi connectivity index (χ2v) is 8.11. The molecule has 0 radical (unpaired) electrons. The van der Waals surface area contributed by atoms with Gasteiger partial charge in [-0.05, 0) is 0 Å². The van der Waals surface area contributed by atoms with Gasteiger partial charge in [-0.1, -0.05) is 11.8 Å². The van der Waals surface area contributed by atoms with Crippen molar-refractivity contribution in [3.63, 3.8) is 0 Å². The van der Waals surface area contributed by atoms with Crippen LogP contribution in [0.3, 0.4) is 0 Å². The summed E-state index contributed by atoms with van der Waals surface area (Å²) in [6, 6.07) is -1.14. The topological polar surface area (TPSA) is 184 Å². The number of thioether (sulfide) groups is 1. The van der Waals surface area contributed by atoms with Crippen LogP contribution in [0.15, 0.2) is 0 Å². The monoisotopic (exact) mass is 493 g/mol. The van der Waals surface area contributed by atoms with E-state index in [0.29, 0.717) is 0 Å². The van der Waals surface area contributed by atoms with Crippen LogP contribution in [0.2, 0.25) is 0 Å². The maximum atomic E-state index is 12.2. The van der Waals surface area contributed by atoms with Gasteiger partial charge < -0.3 is 34.2 Å². The average molecular weight is 493 g/mol. The highest BCUT2D eigenvalue weighted by atomic mass is 32.2. The fourth-order valence-corrected chi connectivity index (χ4v) is 3.34. The van der Waals surface area contributed by atoms with Crippen LogP contribution in [0, 0.1) is 0 Å². The maximum absolute atomic E-state index is 12.2. The van der Waals surface area contributed by atoms with E-state index in [9.17, 15) is 28.8 Å². The maximum Gasteiger partial charge on any atom is 0.323 e. The van der Waals surface area contributed by atoms with E-state index >= 15 is 0 Å². The van der Waals surface area contributed by atoms with E-state index in [2.05, 4.69) is 0 Å². The van der Waals surface area contributed by atoms with Crippen LogP contribution in [-0.4, -0.2) is 84.1 Å². The predicted octanol–water partition coefficient (Wildman–Crippen LogP) is -0.780. The molecule has 6 unspecified atom stereocenters. The third-order valence-electron chi connectivity index (χ3n) is 3.94. The van der Waals surface area contributed by atoms with Crippen molar-refractivity contribution in [1.82, 2.24) is 0 Å². The highest BCUT2D eigenvalue weighted by Crippen LogP contribution is 2.30. The van der Waals surface area contributed by atoms with Gasteiger partial charge in [-0.2, -0.15) is 0 Å². The first-order chi connectivity index (χ1) is 15.3. The van der Waals surface area contributed by atoms with Crippen LogP contribution in [0.25, 0.3) is 0 Å². The van der Waals surface area contributed by atoms with E-state index in [-0.39, 0.29) is 10.9 Å². The first-order valence-electron chi connectivity index (χ1n) is 9.71. The van der Waals surface area contributed by atoms with Crippen LogP contribution in [0.4, 0.5) is 0 Å². The third-order valence-corrected chi connectivity index (χ3v) is 4.87. The Kier molecular flexibility index (Phi) is 11.2. The number of hydrogen-bond donors (Lipinski definition) is 1. The zero-order valence-electron chi connectivity index (χ0n) is 18.8. The zero-order chi connectivity index (χ0) is 25.3. The van der Waals surface area contributed by atoms with Gasteiger partial charge >= 0.3 is 29.8 Å². The Morgan fingerprint density at radius 1 is 0.788 bits per heavy atom. The van der Waals surface area contributed by atoms with Gasteiger partial charge in [0.05, 0.1) is 0 Å². The van der Waals surface area contributed by atoms with Crippen molar-refractivity contribution in [2.45, 2.75) is 71.4 Å². The van der Waals surface area contributed by atoms with E-state index in [1.165, 1.54) is 6.92 Å². The fraction of sp³-hybridized carbons (Fsp3) is 0.684. The van der Waals surface area contributed by atoms with E-state index in [1.807, 2.05) is 0 Å². The lowest BCUT2D eigenvalue weighted by molar-refractivity contribution is -0.300. The zero-order valence-corrected chi connectivity index (χ0v) is 19.6. The molecule has 0 aromatic carbocycles. The van der Waals surface area contributed by atoms with Crippen LogP contribution < -0.4 is 5.73 Å². The largest absolute Gasteiger partial charge is 0.462 e. The second kappa shape index (κ2) is 13.1. The third kappa shape index (κ3) is 9.75. The summed E-state index contributed by atoms with van der Waals surface area (Å²) >= 11 is 0.830. The summed E-state index contributed by atoms with van der Waals surface area (Å²) in [4.78, 5) is 69.8. The van der Waals surface area contributed by atoms with Crippen molar-refractivity contribution in [2.24, 2.45) is 5.73 Å². The number of carbonyl (C=O) groups is 6. The number of rotatable bonds is 9. The molecule has 0 spiro atoms. The van der Waals surface area contributed by atoms with Gasteiger partial charge in [0.1, 0.15) is 18.8 Å². The Labute approximate surface area is 193 Å². The summed E-state index contributed by atoms with van der Waals surface area (Å²) in [5.41, 5.74) is 5.69. The van der Waals surface area contributed by atoms with Crippen LogP contribution >= 0.6 is 11.8 Å². The van der Waals surface area contributed by atoms with Crippen molar-refractivity contribution in [2.75, 3.05) is 12.4 Å². The Balaban J connectivity index is 3.18. The molecule has 186 valence electrons. The number of nitrogens with two attached hydrogens (primary N) is 1. The molecule has 13 nitrogen and oxygen atoms in total. The Bertz CT molecular complexity index is 772. The van der Waals surface area contributed by atoms with E-state index in [4.69, 9.17) is 34.2 Å². The van der Waals surface area contributed by atoms with Crippen molar-refractivity contribution < 1.29 is 57.2 Å². The highest BCUT2D eigenvalue weighted by Gasteiger charge is 2.53. The molecule has 33 heavy (non-hydrogen) atoms. The van der Waals surface area contributed by atoms with Gasteiger partial charge in [-0.15, -0.1) is 0 Å². The van der Waals surface area contributed by atoms with Gasteiger partial charge in [0.15, 0.2) is 17.3 Å². The molecule has 6 atom stereocenters. The van der Waals surface area contributed by atoms with Crippen molar-refractivity contribution in [3.8, 4) is 0 Å². The summed E-state index contributed by atoms with van der Waals surface area (Å²) in [6.45, 7) is 5.01. The SMILES string of the molecule is CC(=O)OC1OC(COC(=O)C(N)CSC(C)=O)C(OC(C)=O)C(OC(C)=O)C1OC(C)=O. The molecule has 1 saturated heterocycles. The van der Waals surface area contributed by atoms with Crippen molar-refractivity contribution in [3.05, 3.63) is 0 Å².